The molecule has 1 heterocycles. The maximum atomic E-state index is 11.9. The lowest BCUT2D eigenvalue weighted by atomic mass is 10.4. The van der Waals surface area contributed by atoms with E-state index in [1.54, 1.807) is 0 Å². The summed E-state index contributed by atoms with van der Waals surface area (Å²) in [5, 5.41) is 4.91. The van der Waals surface area contributed by atoms with E-state index in [1.165, 1.54) is 24.3 Å². The molecule has 0 aromatic carbocycles. The molecular weight excluding hydrogens is 244 g/mol. The van der Waals surface area contributed by atoms with Crippen molar-refractivity contribution < 1.29 is 18.3 Å². The van der Waals surface area contributed by atoms with E-state index < -0.39 is 19.1 Å². The van der Waals surface area contributed by atoms with Crippen molar-refractivity contribution in [1.29, 1.82) is 0 Å². The Kier molecular flexibility index (Phi) is 5.56. The summed E-state index contributed by atoms with van der Waals surface area (Å²) in [5.74, 6) is 0.236. The molecule has 1 aromatic heterocycles. The normalized spacial score (nSPS) is 9.94. The molecule has 7 heteroatoms. The number of alkyl halides is 2. The molecule has 1 aromatic rings. The second-order valence-corrected chi connectivity index (χ2v) is 3.19. The molecule has 18 heavy (non-hydrogen) atoms. The van der Waals surface area contributed by atoms with Crippen LogP contribution in [0.5, 0.6) is 5.88 Å². The van der Waals surface area contributed by atoms with Crippen LogP contribution in [-0.2, 0) is 0 Å². The van der Waals surface area contributed by atoms with Crippen LogP contribution in [-0.4, -0.2) is 30.6 Å². The standard InChI is InChI=1S/C11H13F2N3O2/c1-2-6-14-11(17)16-9-4-3-5-10(15-9)18-7-8(12)13/h2-5,8H,1,6-7H2,(H2,14,15,16,17). The van der Waals surface area contributed by atoms with Gasteiger partial charge in [0.2, 0.25) is 5.88 Å². The van der Waals surface area contributed by atoms with Gasteiger partial charge in [-0.25, -0.2) is 13.6 Å². The average Bonchev–Trinajstić information content (AvgIpc) is 2.34. The van der Waals surface area contributed by atoms with Gasteiger partial charge in [-0.2, -0.15) is 4.98 Å². The van der Waals surface area contributed by atoms with Gasteiger partial charge in [-0.05, 0) is 6.07 Å². The van der Waals surface area contributed by atoms with Gasteiger partial charge in [-0.3, -0.25) is 5.32 Å². The second kappa shape index (κ2) is 7.21. The maximum Gasteiger partial charge on any atom is 0.320 e. The van der Waals surface area contributed by atoms with Crippen LogP contribution in [0.1, 0.15) is 0 Å². The number of nitrogens with one attached hydrogen (secondary N) is 2. The molecule has 0 bridgehead atoms. The fraction of sp³-hybridized carbons (Fsp3) is 0.273. The molecule has 0 saturated carbocycles. The van der Waals surface area contributed by atoms with Crippen LogP contribution in [0, 0.1) is 0 Å². The fourth-order valence-electron chi connectivity index (χ4n) is 1.04. The lowest BCUT2D eigenvalue weighted by Gasteiger charge is -2.08. The number of hydrogen-bond donors (Lipinski definition) is 2. The molecule has 0 radical (unpaired) electrons. The molecule has 0 atom stereocenters. The zero-order chi connectivity index (χ0) is 13.4. The number of pyridine rings is 1. The van der Waals surface area contributed by atoms with Gasteiger partial charge in [0.1, 0.15) is 5.82 Å². The summed E-state index contributed by atoms with van der Waals surface area (Å²) in [4.78, 5) is 15.1. The fourth-order valence-corrected chi connectivity index (χ4v) is 1.04. The molecule has 0 aliphatic heterocycles. The van der Waals surface area contributed by atoms with Crippen molar-refractivity contribution in [1.82, 2.24) is 10.3 Å². The Morgan fingerprint density at radius 1 is 1.56 bits per heavy atom. The topological polar surface area (TPSA) is 63.2 Å². The zero-order valence-corrected chi connectivity index (χ0v) is 9.53. The smallest absolute Gasteiger partial charge is 0.320 e. The lowest BCUT2D eigenvalue weighted by Crippen LogP contribution is -2.29. The third kappa shape index (κ3) is 5.24. The lowest BCUT2D eigenvalue weighted by molar-refractivity contribution is 0.0796. The number of urea groups is 1. The van der Waals surface area contributed by atoms with Crippen LogP contribution in [0.15, 0.2) is 30.9 Å². The maximum absolute atomic E-state index is 11.9. The van der Waals surface area contributed by atoms with Crippen LogP contribution in [0.25, 0.3) is 0 Å². The first-order valence-electron chi connectivity index (χ1n) is 5.15. The van der Waals surface area contributed by atoms with Crippen molar-refractivity contribution in [2.45, 2.75) is 6.43 Å². The number of rotatable bonds is 6. The van der Waals surface area contributed by atoms with Crippen molar-refractivity contribution in [3.8, 4) is 5.88 Å². The third-order valence-electron chi connectivity index (χ3n) is 1.73. The summed E-state index contributed by atoms with van der Waals surface area (Å²) in [6.45, 7) is 3.02. The van der Waals surface area contributed by atoms with Crippen molar-refractivity contribution in [2.75, 3.05) is 18.5 Å². The molecule has 0 aliphatic rings. The van der Waals surface area contributed by atoms with Crippen molar-refractivity contribution in [3.63, 3.8) is 0 Å². The highest BCUT2D eigenvalue weighted by atomic mass is 19.3. The Balaban J connectivity index is 2.53. The summed E-state index contributed by atoms with van der Waals surface area (Å²) < 4.78 is 28.6. The summed E-state index contributed by atoms with van der Waals surface area (Å²) in [6, 6.07) is 4.02. The molecule has 98 valence electrons. The minimum atomic E-state index is -2.57. The Bertz CT molecular complexity index is 413. The summed E-state index contributed by atoms with van der Waals surface area (Å²) >= 11 is 0. The highest BCUT2D eigenvalue weighted by molar-refractivity contribution is 5.88. The monoisotopic (exact) mass is 257 g/mol. The highest BCUT2D eigenvalue weighted by Crippen LogP contribution is 2.12. The van der Waals surface area contributed by atoms with E-state index in [9.17, 15) is 13.6 Å². The number of nitrogens with zero attached hydrogens (tertiary/aromatic N) is 1. The minimum Gasteiger partial charge on any atom is -0.472 e. The number of aromatic nitrogens is 1. The van der Waals surface area contributed by atoms with Gasteiger partial charge < -0.3 is 10.1 Å². The number of halogens is 2. The molecule has 0 fully saturated rings. The van der Waals surface area contributed by atoms with Gasteiger partial charge in [0.25, 0.3) is 6.43 Å². The van der Waals surface area contributed by atoms with Gasteiger partial charge in [0, 0.05) is 12.6 Å². The third-order valence-corrected chi connectivity index (χ3v) is 1.73. The number of anilines is 1. The molecule has 5 nitrogen and oxygen atoms in total. The zero-order valence-electron chi connectivity index (χ0n) is 9.53. The molecule has 0 unspecified atom stereocenters. The second-order valence-electron chi connectivity index (χ2n) is 3.19. The Morgan fingerprint density at radius 3 is 3.00 bits per heavy atom. The quantitative estimate of drug-likeness (QED) is 0.766. The summed E-state index contributed by atoms with van der Waals surface area (Å²) in [5.41, 5.74) is 0. The van der Waals surface area contributed by atoms with Gasteiger partial charge in [0.15, 0.2) is 6.61 Å². The Labute approximate surface area is 103 Å². The predicted molar refractivity (Wildman–Crippen MR) is 63.0 cm³/mol. The van der Waals surface area contributed by atoms with E-state index in [4.69, 9.17) is 4.74 Å². The largest absolute Gasteiger partial charge is 0.472 e. The first-order chi connectivity index (χ1) is 8.61. The van der Waals surface area contributed by atoms with Crippen LogP contribution < -0.4 is 15.4 Å². The van der Waals surface area contributed by atoms with E-state index in [1.807, 2.05) is 0 Å². The Hall–Kier alpha value is -2.18. The number of ether oxygens (including phenoxy) is 1. The molecular formula is C11H13F2N3O2. The molecule has 0 saturated heterocycles. The van der Waals surface area contributed by atoms with E-state index in [0.717, 1.165) is 0 Å². The highest BCUT2D eigenvalue weighted by Gasteiger charge is 2.06. The first kappa shape index (κ1) is 13.9. The van der Waals surface area contributed by atoms with Gasteiger partial charge in [0.05, 0.1) is 0 Å². The average molecular weight is 257 g/mol. The van der Waals surface area contributed by atoms with Crippen molar-refractivity contribution >= 4 is 11.8 Å². The molecule has 2 N–H and O–H groups in total. The number of hydrogen-bond acceptors (Lipinski definition) is 3. The Morgan fingerprint density at radius 2 is 2.33 bits per heavy atom. The van der Waals surface area contributed by atoms with Crippen LogP contribution in [0.4, 0.5) is 19.4 Å². The molecule has 2 amide bonds. The van der Waals surface area contributed by atoms with E-state index in [2.05, 4.69) is 22.2 Å². The van der Waals surface area contributed by atoms with Gasteiger partial charge in [-0.15, -0.1) is 6.58 Å². The van der Waals surface area contributed by atoms with Crippen LogP contribution in [0.3, 0.4) is 0 Å². The predicted octanol–water partition coefficient (Wildman–Crippen LogP) is 2.03. The minimum absolute atomic E-state index is 0.0248. The number of amides is 2. The van der Waals surface area contributed by atoms with E-state index in [-0.39, 0.29) is 11.7 Å². The van der Waals surface area contributed by atoms with Crippen LogP contribution in [0.2, 0.25) is 0 Å². The van der Waals surface area contributed by atoms with Gasteiger partial charge in [-0.1, -0.05) is 12.1 Å². The summed E-state index contributed by atoms with van der Waals surface area (Å²) in [7, 11) is 0. The van der Waals surface area contributed by atoms with Crippen LogP contribution >= 0.6 is 0 Å². The van der Waals surface area contributed by atoms with E-state index >= 15 is 0 Å². The molecule has 1 rings (SSSR count). The molecule has 0 aliphatic carbocycles. The molecule has 0 spiro atoms. The van der Waals surface area contributed by atoms with E-state index in [0.29, 0.717) is 6.54 Å². The first-order valence-corrected chi connectivity index (χ1v) is 5.15. The SMILES string of the molecule is C=CCNC(=O)Nc1cccc(OCC(F)F)n1. The van der Waals surface area contributed by atoms with Crippen molar-refractivity contribution in [3.05, 3.63) is 30.9 Å². The number of carbonyl (C=O) groups excluding carboxylic acids is 1. The number of carbonyl (C=O) groups is 1. The van der Waals surface area contributed by atoms with Gasteiger partial charge >= 0.3 is 6.03 Å². The summed E-state index contributed by atoms with van der Waals surface area (Å²) in [6.07, 6.45) is -1.05. The van der Waals surface area contributed by atoms with Crippen molar-refractivity contribution in [2.24, 2.45) is 0 Å².